The summed E-state index contributed by atoms with van der Waals surface area (Å²) < 4.78 is 0. The van der Waals surface area contributed by atoms with E-state index in [1.54, 1.807) is 12.1 Å². The van der Waals surface area contributed by atoms with Crippen molar-refractivity contribution in [2.24, 2.45) is 0 Å². The predicted molar refractivity (Wildman–Crippen MR) is 123 cm³/mol. The van der Waals surface area contributed by atoms with Gasteiger partial charge in [0.2, 0.25) is 5.91 Å². The van der Waals surface area contributed by atoms with E-state index in [1.807, 2.05) is 23.1 Å². The number of carbonyl (C=O) groups excluding carboxylic acids is 2. The summed E-state index contributed by atoms with van der Waals surface area (Å²) in [5.41, 5.74) is 2.02. The number of carbonyl (C=O) groups is 2. The summed E-state index contributed by atoms with van der Waals surface area (Å²) in [5, 5.41) is 6.65. The second-order valence-electron chi connectivity index (χ2n) is 8.73. The first kappa shape index (κ1) is 21.6. The number of hydrogen-bond acceptors (Lipinski definition) is 3. The van der Waals surface area contributed by atoms with Crippen LogP contribution in [0.5, 0.6) is 0 Å². The lowest BCUT2D eigenvalue weighted by Gasteiger charge is -2.24. The van der Waals surface area contributed by atoms with Crippen molar-refractivity contribution in [3.63, 3.8) is 0 Å². The van der Waals surface area contributed by atoms with Gasteiger partial charge in [0.1, 0.15) is 6.04 Å². The first-order chi connectivity index (χ1) is 15.2. The Hall–Kier alpha value is -2.66. The number of rotatable bonds is 10. The fourth-order valence-electron chi connectivity index (χ4n) is 4.50. The molecule has 0 radical (unpaired) electrons. The van der Waals surface area contributed by atoms with E-state index in [2.05, 4.69) is 41.0 Å². The minimum Gasteiger partial charge on any atom is -0.341 e. The van der Waals surface area contributed by atoms with Crippen molar-refractivity contribution in [1.29, 1.82) is 0 Å². The van der Waals surface area contributed by atoms with E-state index in [0.717, 1.165) is 45.3 Å². The van der Waals surface area contributed by atoms with E-state index >= 15 is 0 Å². The molecular formula is C26H33N3O2. The van der Waals surface area contributed by atoms with Crippen LogP contribution < -0.4 is 10.6 Å². The van der Waals surface area contributed by atoms with Crippen LogP contribution in [0.1, 0.15) is 60.4 Å². The van der Waals surface area contributed by atoms with Gasteiger partial charge in [-0.15, -0.1) is 0 Å². The van der Waals surface area contributed by atoms with E-state index in [0.29, 0.717) is 23.9 Å². The molecule has 0 bridgehead atoms. The van der Waals surface area contributed by atoms with Crippen molar-refractivity contribution >= 4 is 11.8 Å². The monoisotopic (exact) mass is 419 g/mol. The number of unbranched alkanes of at least 4 members (excludes halogenated alkanes) is 1. The summed E-state index contributed by atoms with van der Waals surface area (Å²) >= 11 is 0. The average Bonchev–Trinajstić information content (AvgIpc) is 3.38. The molecule has 0 spiro atoms. The third-order valence-electron chi connectivity index (χ3n) is 6.40. The van der Waals surface area contributed by atoms with Gasteiger partial charge in [-0.2, -0.15) is 0 Å². The first-order valence-corrected chi connectivity index (χ1v) is 11.7. The van der Waals surface area contributed by atoms with Gasteiger partial charge in [-0.25, -0.2) is 0 Å². The quantitative estimate of drug-likeness (QED) is 0.577. The molecular weight excluding hydrogens is 386 g/mol. The smallest absolute Gasteiger partial charge is 0.251 e. The molecule has 2 amide bonds. The van der Waals surface area contributed by atoms with Gasteiger partial charge < -0.3 is 15.5 Å². The van der Waals surface area contributed by atoms with Gasteiger partial charge in [-0.1, -0.05) is 48.5 Å². The molecule has 2 fully saturated rings. The molecule has 4 rings (SSSR count). The molecule has 164 valence electrons. The third kappa shape index (κ3) is 5.95. The van der Waals surface area contributed by atoms with E-state index in [4.69, 9.17) is 0 Å². The van der Waals surface area contributed by atoms with Crippen LogP contribution in [0, 0.1) is 0 Å². The average molecular weight is 420 g/mol. The maximum absolute atomic E-state index is 13.0. The Morgan fingerprint density at radius 2 is 1.61 bits per heavy atom. The van der Waals surface area contributed by atoms with Gasteiger partial charge in [0, 0.05) is 30.6 Å². The molecule has 2 aromatic rings. The summed E-state index contributed by atoms with van der Waals surface area (Å²) in [6, 6.07) is 20.0. The van der Waals surface area contributed by atoms with E-state index in [-0.39, 0.29) is 11.8 Å². The van der Waals surface area contributed by atoms with Gasteiger partial charge in [-0.05, 0) is 62.8 Å². The van der Waals surface area contributed by atoms with Crippen molar-refractivity contribution < 1.29 is 9.59 Å². The standard InChI is InChI=1S/C26H33N3O2/c30-25(21-13-5-2-6-14-21)28-23(26(31)29-17-9-10-18-29)15-7-8-16-27-24-19-22(24)20-11-3-1-4-12-20/h1-6,11-14,22-24,27H,7-10,15-19H2,(H,28,30). The van der Waals surface area contributed by atoms with Crippen LogP contribution in [0.15, 0.2) is 60.7 Å². The fraction of sp³-hybridized carbons (Fsp3) is 0.462. The zero-order valence-corrected chi connectivity index (χ0v) is 18.1. The Balaban J connectivity index is 1.23. The summed E-state index contributed by atoms with van der Waals surface area (Å²) in [6.45, 7) is 2.56. The van der Waals surface area contributed by atoms with Crippen LogP contribution in [0.4, 0.5) is 0 Å². The lowest BCUT2D eigenvalue weighted by atomic mass is 10.1. The molecule has 1 aliphatic carbocycles. The number of amides is 2. The summed E-state index contributed by atoms with van der Waals surface area (Å²) in [6.07, 6.45) is 5.91. The second kappa shape index (κ2) is 10.6. The minimum atomic E-state index is -0.441. The predicted octanol–water partition coefficient (Wildman–Crippen LogP) is 3.72. The molecule has 3 atom stereocenters. The van der Waals surface area contributed by atoms with E-state index in [1.165, 1.54) is 12.0 Å². The number of benzene rings is 2. The van der Waals surface area contributed by atoms with E-state index in [9.17, 15) is 9.59 Å². The highest BCUT2D eigenvalue weighted by atomic mass is 16.2. The van der Waals surface area contributed by atoms with Crippen LogP contribution >= 0.6 is 0 Å². The van der Waals surface area contributed by atoms with Gasteiger partial charge in [-0.3, -0.25) is 9.59 Å². The van der Waals surface area contributed by atoms with Crippen molar-refractivity contribution in [1.82, 2.24) is 15.5 Å². The molecule has 31 heavy (non-hydrogen) atoms. The first-order valence-electron chi connectivity index (χ1n) is 11.7. The Kier molecular flexibility index (Phi) is 7.36. The molecule has 5 heteroatoms. The molecule has 1 aliphatic heterocycles. The van der Waals surface area contributed by atoms with Crippen molar-refractivity contribution in [3.8, 4) is 0 Å². The molecule has 1 saturated heterocycles. The largest absolute Gasteiger partial charge is 0.341 e. The Morgan fingerprint density at radius 3 is 2.32 bits per heavy atom. The van der Waals surface area contributed by atoms with Gasteiger partial charge in [0.25, 0.3) is 5.91 Å². The van der Waals surface area contributed by atoms with Crippen LogP contribution in [0.3, 0.4) is 0 Å². The maximum atomic E-state index is 13.0. The molecule has 0 aromatic heterocycles. The van der Waals surface area contributed by atoms with Crippen LogP contribution in [0.2, 0.25) is 0 Å². The normalized spacial score (nSPS) is 21.0. The lowest BCUT2D eigenvalue weighted by Crippen LogP contribution is -2.47. The van der Waals surface area contributed by atoms with Gasteiger partial charge in [0.05, 0.1) is 0 Å². The van der Waals surface area contributed by atoms with Crippen LogP contribution in [-0.2, 0) is 4.79 Å². The number of nitrogens with one attached hydrogen (secondary N) is 2. The van der Waals surface area contributed by atoms with E-state index < -0.39 is 6.04 Å². The highest BCUT2D eigenvalue weighted by molar-refractivity contribution is 5.97. The molecule has 1 heterocycles. The van der Waals surface area contributed by atoms with Gasteiger partial charge >= 0.3 is 0 Å². The fourth-order valence-corrected chi connectivity index (χ4v) is 4.50. The zero-order chi connectivity index (χ0) is 21.5. The summed E-state index contributed by atoms with van der Waals surface area (Å²) in [7, 11) is 0. The molecule has 2 N–H and O–H groups in total. The highest BCUT2D eigenvalue weighted by Crippen LogP contribution is 2.40. The van der Waals surface area contributed by atoms with Crippen molar-refractivity contribution in [2.75, 3.05) is 19.6 Å². The van der Waals surface area contributed by atoms with Crippen LogP contribution in [0.25, 0.3) is 0 Å². The summed E-state index contributed by atoms with van der Waals surface area (Å²) in [5.74, 6) is 0.539. The topological polar surface area (TPSA) is 61.4 Å². The molecule has 2 aliphatic rings. The minimum absolute atomic E-state index is 0.0704. The number of likely N-dealkylation sites (tertiary alicyclic amines) is 1. The Labute approximate surface area is 185 Å². The molecule has 1 saturated carbocycles. The zero-order valence-electron chi connectivity index (χ0n) is 18.1. The lowest BCUT2D eigenvalue weighted by molar-refractivity contribution is -0.132. The SMILES string of the molecule is O=C(NC(CCCCNC1CC1c1ccccc1)C(=O)N1CCCC1)c1ccccc1. The number of hydrogen-bond donors (Lipinski definition) is 2. The Bertz CT molecular complexity index is 849. The van der Waals surface area contributed by atoms with Crippen molar-refractivity contribution in [3.05, 3.63) is 71.8 Å². The number of nitrogens with zero attached hydrogens (tertiary/aromatic N) is 1. The molecule has 3 unspecified atom stereocenters. The highest BCUT2D eigenvalue weighted by Gasteiger charge is 2.37. The molecule has 2 aromatic carbocycles. The van der Waals surface area contributed by atoms with Crippen molar-refractivity contribution in [2.45, 2.75) is 56.5 Å². The second-order valence-corrected chi connectivity index (χ2v) is 8.73. The molecule has 5 nitrogen and oxygen atoms in total. The Morgan fingerprint density at radius 1 is 0.935 bits per heavy atom. The summed E-state index contributed by atoms with van der Waals surface area (Å²) in [4.78, 5) is 27.5. The van der Waals surface area contributed by atoms with Gasteiger partial charge in [0.15, 0.2) is 0 Å². The third-order valence-corrected chi connectivity index (χ3v) is 6.40. The van der Waals surface area contributed by atoms with Crippen LogP contribution in [-0.4, -0.2) is 48.4 Å². The maximum Gasteiger partial charge on any atom is 0.251 e.